The summed E-state index contributed by atoms with van der Waals surface area (Å²) in [5, 5.41) is 21.4. The van der Waals surface area contributed by atoms with E-state index in [1.54, 1.807) is 12.1 Å². The first kappa shape index (κ1) is 12.9. The second-order valence-corrected chi connectivity index (χ2v) is 3.20. The summed E-state index contributed by atoms with van der Waals surface area (Å²) in [4.78, 5) is 21.2. The monoisotopic (exact) mass is 236 g/mol. The minimum atomic E-state index is -0.497. The van der Waals surface area contributed by atoms with E-state index in [9.17, 15) is 14.9 Å². The highest BCUT2D eigenvalue weighted by Crippen LogP contribution is 2.13. The van der Waals surface area contributed by atoms with E-state index in [4.69, 9.17) is 5.11 Å². The van der Waals surface area contributed by atoms with Gasteiger partial charge in [0.05, 0.1) is 11.5 Å². The summed E-state index contributed by atoms with van der Waals surface area (Å²) in [6.07, 6.45) is 2.73. The molecule has 0 heterocycles. The third kappa shape index (κ3) is 4.43. The molecule has 1 aromatic rings. The van der Waals surface area contributed by atoms with Crippen molar-refractivity contribution in [1.29, 1.82) is 0 Å². The van der Waals surface area contributed by atoms with Gasteiger partial charge >= 0.3 is 0 Å². The van der Waals surface area contributed by atoms with Gasteiger partial charge in [0.25, 0.3) is 5.69 Å². The smallest absolute Gasteiger partial charge is 0.270 e. The van der Waals surface area contributed by atoms with Crippen LogP contribution in [0.5, 0.6) is 0 Å². The van der Waals surface area contributed by atoms with Crippen molar-refractivity contribution >= 4 is 17.7 Å². The number of nitro groups is 1. The van der Waals surface area contributed by atoms with E-state index >= 15 is 0 Å². The minimum Gasteiger partial charge on any atom is -0.395 e. The topological polar surface area (TPSA) is 92.5 Å². The van der Waals surface area contributed by atoms with Gasteiger partial charge in [-0.05, 0) is 11.6 Å². The van der Waals surface area contributed by atoms with Crippen LogP contribution in [0, 0.1) is 10.1 Å². The zero-order valence-corrected chi connectivity index (χ0v) is 9.00. The van der Waals surface area contributed by atoms with Gasteiger partial charge in [-0.3, -0.25) is 14.9 Å². The van der Waals surface area contributed by atoms with Crippen molar-refractivity contribution in [3.8, 4) is 0 Å². The summed E-state index contributed by atoms with van der Waals surface area (Å²) in [6.45, 7) is 0.0501. The van der Waals surface area contributed by atoms with Gasteiger partial charge < -0.3 is 10.4 Å². The third-order valence-electron chi connectivity index (χ3n) is 1.92. The third-order valence-corrected chi connectivity index (χ3v) is 1.92. The number of carbonyl (C=O) groups is 1. The van der Waals surface area contributed by atoms with Gasteiger partial charge in [0.2, 0.25) is 5.91 Å². The van der Waals surface area contributed by atoms with Crippen LogP contribution >= 0.6 is 0 Å². The molecule has 1 amide bonds. The first-order chi connectivity index (χ1) is 8.13. The quantitative estimate of drug-likeness (QED) is 0.447. The Labute approximate surface area is 97.7 Å². The maximum atomic E-state index is 11.2. The molecule has 0 bridgehead atoms. The van der Waals surface area contributed by atoms with Gasteiger partial charge in [-0.2, -0.15) is 0 Å². The van der Waals surface area contributed by atoms with Crippen LogP contribution in [0.2, 0.25) is 0 Å². The second kappa shape index (κ2) is 6.39. The molecule has 0 fully saturated rings. The van der Waals surface area contributed by atoms with Gasteiger partial charge in [0.15, 0.2) is 0 Å². The number of nitrogens with zero attached hydrogens (tertiary/aromatic N) is 1. The molecule has 90 valence electrons. The Morgan fingerprint density at radius 2 is 2.29 bits per heavy atom. The summed E-state index contributed by atoms with van der Waals surface area (Å²) in [7, 11) is 0. The predicted octanol–water partition coefficient (Wildman–Crippen LogP) is 0.716. The van der Waals surface area contributed by atoms with Crippen LogP contribution in [0.3, 0.4) is 0 Å². The van der Waals surface area contributed by atoms with E-state index in [1.807, 2.05) is 0 Å². The Hall–Kier alpha value is -2.21. The molecule has 0 unspecified atom stereocenters. The van der Waals surface area contributed by atoms with E-state index in [-0.39, 0.29) is 24.7 Å². The Morgan fingerprint density at radius 1 is 1.53 bits per heavy atom. The lowest BCUT2D eigenvalue weighted by molar-refractivity contribution is -0.384. The highest BCUT2D eigenvalue weighted by atomic mass is 16.6. The predicted molar refractivity (Wildman–Crippen MR) is 62.2 cm³/mol. The van der Waals surface area contributed by atoms with Gasteiger partial charge in [-0.1, -0.05) is 12.1 Å². The van der Waals surface area contributed by atoms with E-state index in [2.05, 4.69) is 5.32 Å². The largest absolute Gasteiger partial charge is 0.395 e. The van der Waals surface area contributed by atoms with Crippen molar-refractivity contribution in [2.24, 2.45) is 0 Å². The number of carbonyl (C=O) groups excluding carboxylic acids is 1. The molecule has 6 heteroatoms. The van der Waals surface area contributed by atoms with Crippen LogP contribution < -0.4 is 5.32 Å². The molecule has 0 spiro atoms. The zero-order valence-electron chi connectivity index (χ0n) is 9.00. The Balaban J connectivity index is 2.68. The van der Waals surface area contributed by atoms with Gasteiger partial charge in [0, 0.05) is 24.8 Å². The number of non-ortho nitro benzene ring substituents is 1. The van der Waals surface area contributed by atoms with Crippen LogP contribution in [0.1, 0.15) is 5.56 Å². The van der Waals surface area contributed by atoms with Crippen molar-refractivity contribution in [2.45, 2.75) is 0 Å². The molecule has 0 saturated heterocycles. The van der Waals surface area contributed by atoms with E-state index in [0.29, 0.717) is 5.56 Å². The van der Waals surface area contributed by atoms with Crippen molar-refractivity contribution in [2.75, 3.05) is 13.2 Å². The van der Waals surface area contributed by atoms with Gasteiger partial charge in [-0.25, -0.2) is 0 Å². The van der Waals surface area contributed by atoms with Gasteiger partial charge in [-0.15, -0.1) is 0 Å². The molecule has 0 saturated carbocycles. The van der Waals surface area contributed by atoms with Crippen molar-refractivity contribution < 1.29 is 14.8 Å². The zero-order chi connectivity index (χ0) is 12.7. The van der Waals surface area contributed by atoms with E-state index in [1.165, 1.54) is 24.3 Å². The SMILES string of the molecule is O=C(/C=C/c1cccc([N+](=O)[O-])c1)NCCO. The first-order valence-corrected chi connectivity index (χ1v) is 4.94. The number of aliphatic hydroxyl groups is 1. The Bertz CT molecular complexity index is 443. The molecule has 6 nitrogen and oxygen atoms in total. The average Bonchev–Trinajstić information content (AvgIpc) is 2.34. The first-order valence-electron chi connectivity index (χ1n) is 4.94. The number of nitro benzene ring substituents is 1. The number of nitrogens with one attached hydrogen (secondary N) is 1. The maximum Gasteiger partial charge on any atom is 0.270 e. The molecule has 17 heavy (non-hydrogen) atoms. The molecule has 0 aliphatic carbocycles. The van der Waals surface area contributed by atoms with Crippen LogP contribution in [0.15, 0.2) is 30.3 Å². The fourth-order valence-corrected chi connectivity index (χ4v) is 1.15. The molecule has 0 radical (unpaired) electrons. The van der Waals surface area contributed by atoms with Crippen molar-refractivity contribution in [3.05, 3.63) is 46.0 Å². The molecular weight excluding hydrogens is 224 g/mol. The maximum absolute atomic E-state index is 11.2. The summed E-state index contributed by atoms with van der Waals surface area (Å²) in [5.74, 6) is -0.356. The Kier molecular flexibility index (Phi) is 4.83. The van der Waals surface area contributed by atoms with Crippen molar-refractivity contribution in [3.63, 3.8) is 0 Å². The van der Waals surface area contributed by atoms with E-state index < -0.39 is 4.92 Å². The van der Waals surface area contributed by atoms with Crippen LogP contribution in [-0.4, -0.2) is 29.1 Å². The van der Waals surface area contributed by atoms with Gasteiger partial charge in [0.1, 0.15) is 0 Å². The average molecular weight is 236 g/mol. The number of hydrogen-bond acceptors (Lipinski definition) is 4. The summed E-state index contributed by atoms with van der Waals surface area (Å²) in [5.41, 5.74) is 0.543. The number of amides is 1. The van der Waals surface area contributed by atoms with Crippen LogP contribution in [0.4, 0.5) is 5.69 Å². The molecule has 1 aromatic carbocycles. The number of hydrogen-bond donors (Lipinski definition) is 2. The summed E-state index contributed by atoms with van der Waals surface area (Å²) < 4.78 is 0. The fraction of sp³-hybridized carbons (Fsp3) is 0.182. The normalized spacial score (nSPS) is 10.4. The standard InChI is InChI=1S/C11H12N2O4/c14-7-6-12-11(15)5-4-9-2-1-3-10(8-9)13(16)17/h1-5,8,14H,6-7H2,(H,12,15)/b5-4+. The van der Waals surface area contributed by atoms with Crippen LogP contribution in [0.25, 0.3) is 6.08 Å². The summed E-state index contributed by atoms with van der Waals surface area (Å²) in [6, 6.07) is 5.95. The molecule has 0 aliphatic rings. The van der Waals surface area contributed by atoms with E-state index in [0.717, 1.165) is 0 Å². The molecular formula is C11H12N2O4. The molecule has 0 atom stereocenters. The molecule has 2 N–H and O–H groups in total. The minimum absolute atomic E-state index is 0.0251. The highest BCUT2D eigenvalue weighted by molar-refractivity contribution is 5.91. The molecule has 1 rings (SSSR count). The number of rotatable bonds is 5. The lowest BCUT2D eigenvalue weighted by Crippen LogP contribution is -2.24. The molecule has 0 aromatic heterocycles. The molecule has 0 aliphatic heterocycles. The van der Waals surface area contributed by atoms with Crippen LogP contribution in [-0.2, 0) is 4.79 Å². The number of aliphatic hydroxyl groups excluding tert-OH is 1. The summed E-state index contributed by atoms with van der Waals surface area (Å²) >= 11 is 0. The van der Waals surface area contributed by atoms with Crippen molar-refractivity contribution in [1.82, 2.24) is 5.32 Å². The second-order valence-electron chi connectivity index (χ2n) is 3.20. The lowest BCUT2D eigenvalue weighted by atomic mass is 10.2. The Morgan fingerprint density at radius 3 is 2.94 bits per heavy atom. The lowest BCUT2D eigenvalue weighted by Gasteiger charge is -1.97. The highest BCUT2D eigenvalue weighted by Gasteiger charge is 2.03. The number of benzene rings is 1. The fourth-order valence-electron chi connectivity index (χ4n) is 1.15.